The van der Waals surface area contributed by atoms with Gasteiger partial charge in [0.05, 0.1) is 6.10 Å². The summed E-state index contributed by atoms with van der Waals surface area (Å²) in [6, 6.07) is 8.14. The number of nitrogens with one attached hydrogen (secondary N) is 2. The maximum Gasteiger partial charge on any atom is 0.314 e. The summed E-state index contributed by atoms with van der Waals surface area (Å²) < 4.78 is 5.94. The van der Waals surface area contributed by atoms with Crippen LogP contribution in [0.3, 0.4) is 0 Å². The number of benzene rings is 1. The van der Waals surface area contributed by atoms with Crippen LogP contribution in [-0.4, -0.2) is 25.2 Å². The average Bonchev–Trinajstić information content (AvgIpc) is 3.00. The molecule has 21 heavy (non-hydrogen) atoms. The Morgan fingerprint density at radius 3 is 2.48 bits per heavy atom. The zero-order chi connectivity index (χ0) is 14.9. The van der Waals surface area contributed by atoms with Crippen LogP contribution < -0.4 is 15.4 Å². The van der Waals surface area contributed by atoms with Crippen molar-refractivity contribution in [2.24, 2.45) is 0 Å². The molecule has 0 saturated heterocycles. The fraction of sp³-hybridized carbons (Fsp3) is 0.588. The first-order valence-corrected chi connectivity index (χ1v) is 8.05. The van der Waals surface area contributed by atoms with Crippen LogP contribution in [-0.2, 0) is 6.42 Å². The highest BCUT2D eigenvalue weighted by Crippen LogP contribution is 2.24. The second-order valence-electron chi connectivity index (χ2n) is 5.60. The van der Waals surface area contributed by atoms with Crippen LogP contribution in [0.1, 0.15) is 44.6 Å². The van der Waals surface area contributed by atoms with Crippen LogP contribution in [0.25, 0.3) is 0 Å². The van der Waals surface area contributed by atoms with Crippen molar-refractivity contribution in [3.05, 3.63) is 29.8 Å². The molecular formula is C17H26N2O2. The Bertz CT molecular complexity index is 425. The van der Waals surface area contributed by atoms with Gasteiger partial charge in [-0.05, 0) is 56.2 Å². The van der Waals surface area contributed by atoms with E-state index in [2.05, 4.69) is 22.8 Å². The molecule has 4 nitrogen and oxygen atoms in total. The summed E-state index contributed by atoms with van der Waals surface area (Å²) in [6.07, 6.45) is 7.12. The lowest BCUT2D eigenvalue weighted by molar-refractivity contribution is 0.210. The van der Waals surface area contributed by atoms with Crippen molar-refractivity contribution < 1.29 is 9.53 Å². The number of ether oxygens (including phenoxy) is 1. The van der Waals surface area contributed by atoms with E-state index in [9.17, 15) is 4.79 Å². The molecule has 2 rings (SSSR count). The molecule has 0 radical (unpaired) electrons. The molecular weight excluding hydrogens is 264 g/mol. The van der Waals surface area contributed by atoms with Gasteiger partial charge in [-0.3, -0.25) is 0 Å². The van der Waals surface area contributed by atoms with Gasteiger partial charge in [-0.2, -0.15) is 0 Å². The van der Waals surface area contributed by atoms with Gasteiger partial charge in [-0.25, -0.2) is 4.79 Å². The summed E-state index contributed by atoms with van der Waals surface area (Å²) >= 11 is 0. The van der Waals surface area contributed by atoms with E-state index in [4.69, 9.17) is 4.74 Å². The highest BCUT2D eigenvalue weighted by molar-refractivity contribution is 5.73. The first-order chi connectivity index (χ1) is 10.3. The average molecular weight is 290 g/mol. The molecule has 1 fully saturated rings. The van der Waals surface area contributed by atoms with Crippen LogP contribution in [0.5, 0.6) is 5.75 Å². The number of carbonyl (C=O) groups is 1. The topological polar surface area (TPSA) is 50.4 Å². The minimum Gasteiger partial charge on any atom is -0.490 e. The molecule has 0 aromatic heterocycles. The second kappa shape index (κ2) is 8.55. The smallest absolute Gasteiger partial charge is 0.314 e. The molecule has 0 atom stereocenters. The number of hydrogen-bond donors (Lipinski definition) is 2. The quantitative estimate of drug-likeness (QED) is 0.810. The van der Waals surface area contributed by atoms with Crippen molar-refractivity contribution in [2.75, 3.05) is 13.1 Å². The number of amides is 2. The Balaban J connectivity index is 1.68. The minimum absolute atomic E-state index is 0.0852. The lowest BCUT2D eigenvalue weighted by Gasteiger charge is -2.13. The number of rotatable bonds is 7. The summed E-state index contributed by atoms with van der Waals surface area (Å²) in [5, 5.41) is 5.66. The number of carbonyl (C=O) groups excluding carboxylic acids is 1. The van der Waals surface area contributed by atoms with Crippen molar-refractivity contribution in [3.63, 3.8) is 0 Å². The highest BCUT2D eigenvalue weighted by atomic mass is 16.5. The zero-order valence-corrected chi connectivity index (χ0v) is 12.9. The fourth-order valence-electron chi connectivity index (χ4n) is 2.55. The summed E-state index contributed by atoms with van der Waals surface area (Å²) in [7, 11) is 0. The molecule has 1 aromatic rings. The third-order valence-corrected chi connectivity index (χ3v) is 3.76. The first-order valence-electron chi connectivity index (χ1n) is 8.05. The van der Waals surface area contributed by atoms with E-state index >= 15 is 0 Å². The third-order valence-electron chi connectivity index (χ3n) is 3.76. The molecule has 1 saturated carbocycles. The van der Waals surface area contributed by atoms with E-state index in [-0.39, 0.29) is 6.03 Å². The standard InChI is InChI=1S/C17H26N2O2/c1-2-12-18-17(20)19-13-11-14-7-9-16(10-8-14)21-15-5-3-4-6-15/h7-10,15H,2-6,11-13H2,1H3,(H2,18,19,20). The molecule has 0 spiro atoms. The Morgan fingerprint density at radius 2 is 1.81 bits per heavy atom. The Kier molecular flexibility index (Phi) is 6.38. The predicted molar refractivity (Wildman–Crippen MR) is 84.7 cm³/mol. The summed E-state index contributed by atoms with van der Waals surface area (Å²) in [4.78, 5) is 11.4. The minimum atomic E-state index is -0.0852. The molecule has 4 heteroatoms. The summed E-state index contributed by atoms with van der Waals surface area (Å²) in [5.41, 5.74) is 1.21. The Labute approximate surface area is 127 Å². The van der Waals surface area contributed by atoms with E-state index in [1.807, 2.05) is 19.1 Å². The third kappa shape index (κ3) is 5.66. The van der Waals surface area contributed by atoms with E-state index < -0.39 is 0 Å². The van der Waals surface area contributed by atoms with E-state index in [1.165, 1.54) is 31.2 Å². The number of hydrogen-bond acceptors (Lipinski definition) is 2. The van der Waals surface area contributed by atoms with Gasteiger partial charge < -0.3 is 15.4 Å². The van der Waals surface area contributed by atoms with Crippen molar-refractivity contribution in [1.82, 2.24) is 10.6 Å². The van der Waals surface area contributed by atoms with Gasteiger partial charge in [0.25, 0.3) is 0 Å². The van der Waals surface area contributed by atoms with Crippen LogP contribution in [0.4, 0.5) is 4.79 Å². The molecule has 2 N–H and O–H groups in total. The number of urea groups is 1. The molecule has 0 heterocycles. The summed E-state index contributed by atoms with van der Waals surface area (Å²) in [6.45, 7) is 3.41. The molecule has 0 aliphatic heterocycles. The van der Waals surface area contributed by atoms with Crippen LogP contribution >= 0.6 is 0 Å². The van der Waals surface area contributed by atoms with Crippen molar-refractivity contribution in [2.45, 2.75) is 51.6 Å². The van der Waals surface area contributed by atoms with Crippen LogP contribution in [0, 0.1) is 0 Å². The predicted octanol–water partition coefficient (Wildman–Crippen LogP) is 3.26. The lowest BCUT2D eigenvalue weighted by atomic mass is 10.1. The van der Waals surface area contributed by atoms with Gasteiger partial charge in [0.15, 0.2) is 0 Å². The normalized spacial score (nSPS) is 14.9. The van der Waals surface area contributed by atoms with Crippen molar-refractivity contribution >= 4 is 6.03 Å². The highest BCUT2D eigenvalue weighted by Gasteiger charge is 2.16. The monoisotopic (exact) mass is 290 g/mol. The lowest BCUT2D eigenvalue weighted by Crippen LogP contribution is -2.36. The van der Waals surface area contributed by atoms with Gasteiger partial charge in [0, 0.05) is 13.1 Å². The Morgan fingerprint density at radius 1 is 1.14 bits per heavy atom. The van der Waals surface area contributed by atoms with Crippen LogP contribution in [0.2, 0.25) is 0 Å². The molecule has 116 valence electrons. The summed E-state index contributed by atoms with van der Waals surface area (Å²) in [5.74, 6) is 0.958. The Hall–Kier alpha value is -1.71. The van der Waals surface area contributed by atoms with Gasteiger partial charge in [-0.1, -0.05) is 19.1 Å². The molecule has 1 aromatic carbocycles. The molecule has 0 unspecified atom stereocenters. The molecule has 0 bridgehead atoms. The van der Waals surface area contributed by atoms with E-state index in [1.54, 1.807) is 0 Å². The molecule has 1 aliphatic carbocycles. The van der Waals surface area contributed by atoms with Gasteiger partial charge in [0.1, 0.15) is 5.75 Å². The second-order valence-corrected chi connectivity index (χ2v) is 5.60. The van der Waals surface area contributed by atoms with Crippen molar-refractivity contribution in [3.8, 4) is 5.75 Å². The van der Waals surface area contributed by atoms with E-state index in [0.29, 0.717) is 12.6 Å². The van der Waals surface area contributed by atoms with Gasteiger partial charge in [-0.15, -0.1) is 0 Å². The maximum absolute atomic E-state index is 11.4. The first kappa shape index (κ1) is 15.7. The van der Waals surface area contributed by atoms with Gasteiger partial charge >= 0.3 is 6.03 Å². The zero-order valence-electron chi connectivity index (χ0n) is 12.9. The van der Waals surface area contributed by atoms with Crippen LogP contribution in [0.15, 0.2) is 24.3 Å². The maximum atomic E-state index is 11.4. The van der Waals surface area contributed by atoms with Crippen molar-refractivity contribution in [1.29, 1.82) is 0 Å². The SMILES string of the molecule is CCCNC(=O)NCCc1ccc(OC2CCCC2)cc1. The molecule has 1 aliphatic rings. The molecule has 2 amide bonds. The van der Waals surface area contributed by atoms with Gasteiger partial charge in [0.2, 0.25) is 0 Å². The largest absolute Gasteiger partial charge is 0.490 e. The fourth-order valence-corrected chi connectivity index (χ4v) is 2.55. The van der Waals surface area contributed by atoms with E-state index in [0.717, 1.165) is 25.1 Å².